The van der Waals surface area contributed by atoms with Crippen LogP contribution < -0.4 is 0 Å². The molecule has 0 saturated heterocycles. The molecule has 0 aliphatic rings. The number of aliphatic carboxylic acids is 1. The van der Waals surface area contributed by atoms with Crippen molar-refractivity contribution in [2.75, 3.05) is 13.1 Å². The molecule has 2 aromatic rings. The van der Waals surface area contributed by atoms with E-state index in [9.17, 15) is 9.59 Å². The molecule has 1 heterocycles. The third-order valence-corrected chi connectivity index (χ3v) is 3.28. The highest BCUT2D eigenvalue weighted by atomic mass is 16.4. The first-order chi connectivity index (χ1) is 10.1. The van der Waals surface area contributed by atoms with Gasteiger partial charge in [-0.2, -0.15) is 0 Å². The first-order valence-corrected chi connectivity index (χ1v) is 6.86. The van der Waals surface area contributed by atoms with Crippen LogP contribution in [0.4, 0.5) is 0 Å². The number of carbonyl (C=O) groups excluding carboxylic acids is 1. The molecule has 0 fully saturated rings. The van der Waals surface area contributed by atoms with Gasteiger partial charge in [-0.05, 0) is 43.3 Å². The lowest BCUT2D eigenvalue weighted by atomic mass is 10.1. The molecule has 0 aliphatic carbocycles. The van der Waals surface area contributed by atoms with Crippen LogP contribution in [0, 0.1) is 0 Å². The zero-order chi connectivity index (χ0) is 15.2. The number of hydrogen-bond acceptors (Lipinski definition) is 2. The Hall–Kier alpha value is -2.56. The van der Waals surface area contributed by atoms with Gasteiger partial charge in [-0.3, -0.25) is 9.59 Å². The molecule has 2 rings (SSSR count). The van der Waals surface area contributed by atoms with Crippen LogP contribution in [-0.2, 0) is 4.79 Å². The van der Waals surface area contributed by atoms with Gasteiger partial charge in [0.05, 0.1) is 6.42 Å². The van der Waals surface area contributed by atoms with Crippen LogP contribution in [0.2, 0.25) is 0 Å². The fourth-order valence-corrected chi connectivity index (χ4v) is 2.10. The summed E-state index contributed by atoms with van der Waals surface area (Å²) in [6, 6.07) is 11.1. The van der Waals surface area contributed by atoms with E-state index in [1.807, 2.05) is 48.1 Å². The van der Waals surface area contributed by atoms with Gasteiger partial charge in [0.2, 0.25) is 0 Å². The molecule has 1 N–H and O–H groups in total. The fourth-order valence-electron chi connectivity index (χ4n) is 2.10. The van der Waals surface area contributed by atoms with Gasteiger partial charge in [0.15, 0.2) is 0 Å². The molecule has 1 aromatic heterocycles. The van der Waals surface area contributed by atoms with Crippen LogP contribution in [0.3, 0.4) is 0 Å². The van der Waals surface area contributed by atoms with Gasteiger partial charge in [0.25, 0.3) is 5.91 Å². The number of hydrogen-bond donors (Lipinski definition) is 1. The SMILES string of the molecule is CCN(CCC(=O)O)C(=O)c1ccc(-n2cccc2)cc1. The molecular weight excluding hydrogens is 268 g/mol. The number of benzene rings is 1. The molecule has 5 heteroatoms. The number of aromatic nitrogens is 1. The molecule has 0 atom stereocenters. The quantitative estimate of drug-likeness (QED) is 0.887. The maximum atomic E-state index is 12.3. The summed E-state index contributed by atoms with van der Waals surface area (Å²) in [4.78, 5) is 24.5. The van der Waals surface area contributed by atoms with E-state index in [2.05, 4.69) is 0 Å². The van der Waals surface area contributed by atoms with E-state index in [-0.39, 0.29) is 18.9 Å². The van der Waals surface area contributed by atoms with Crippen molar-refractivity contribution in [2.24, 2.45) is 0 Å². The van der Waals surface area contributed by atoms with Crippen LogP contribution in [0.5, 0.6) is 0 Å². The van der Waals surface area contributed by atoms with Crippen LogP contribution in [0.15, 0.2) is 48.8 Å². The third-order valence-electron chi connectivity index (χ3n) is 3.28. The van der Waals surface area contributed by atoms with Gasteiger partial charge in [0.1, 0.15) is 0 Å². The topological polar surface area (TPSA) is 62.5 Å². The van der Waals surface area contributed by atoms with Crippen molar-refractivity contribution in [3.8, 4) is 5.69 Å². The Morgan fingerprint density at radius 1 is 1.14 bits per heavy atom. The van der Waals surface area contributed by atoms with Crippen molar-refractivity contribution in [3.63, 3.8) is 0 Å². The number of nitrogens with zero attached hydrogens (tertiary/aromatic N) is 2. The van der Waals surface area contributed by atoms with Gasteiger partial charge < -0.3 is 14.6 Å². The molecule has 1 amide bonds. The Balaban J connectivity index is 2.09. The third kappa shape index (κ3) is 3.72. The minimum atomic E-state index is -0.899. The highest BCUT2D eigenvalue weighted by molar-refractivity contribution is 5.94. The van der Waals surface area contributed by atoms with Crippen molar-refractivity contribution in [3.05, 3.63) is 54.4 Å². The van der Waals surface area contributed by atoms with Crippen molar-refractivity contribution in [2.45, 2.75) is 13.3 Å². The summed E-state index contributed by atoms with van der Waals surface area (Å²) < 4.78 is 1.95. The predicted octanol–water partition coefficient (Wildman–Crippen LogP) is 2.41. The fraction of sp³-hybridized carbons (Fsp3) is 0.250. The average Bonchev–Trinajstić information content (AvgIpc) is 3.02. The summed E-state index contributed by atoms with van der Waals surface area (Å²) >= 11 is 0. The van der Waals surface area contributed by atoms with Crippen molar-refractivity contribution in [1.82, 2.24) is 9.47 Å². The Kier molecular flexibility index (Phi) is 4.77. The Labute approximate surface area is 123 Å². The maximum absolute atomic E-state index is 12.3. The highest BCUT2D eigenvalue weighted by Gasteiger charge is 2.15. The lowest BCUT2D eigenvalue weighted by Crippen LogP contribution is -2.32. The van der Waals surface area contributed by atoms with Gasteiger partial charge in [-0.1, -0.05) is 0 Å². The minimum Gasteiger partial charge on any atom is -0.481 e. The van der Waals surface area contributed by atoms with E-state index < -0.39 is 5.97 Å². The monoisotopic (exact) mass is 286 g/mol. The number of carboxylic acids is 1. The molecule has 5 nitrogen and oxygen atoms in total. The number of amides is 1. The average molecular weight is 286 g/mol. The van der Waals surface area contributed by atoms with E-state index in [0.717, 1.165) is 5.69 Å². The van der Waals surface area contributed by atoms with Crippen LogP contribution in [0.1, 0.15) is 23.7 Å². The lowest BCUT2D eigenvalue weighted by molar-refractivity contribution is -0.137. The number of rotatable bonds is 6. The summed E-state index contributed by atoms with van der Waals surface area (Å²) in [7, 11) is 0. The molecule has 110 valence electrons. The van der Waals surface area contributed by atoms with Crippen molar-refractivity contribution >= 4 is 11.9 Å². The molecule has 0 unspecified atom stereocenters. The summed E-state index contributed by atoms with van der Waals surface area (Å²) in [5.74, 6) is -1.04. The zero-order valence-corrected chi connectivity index (χ0v) is 11.9. The molecule has 1 aromatic carbocycles. The smallest absolute Gasteiger partial charge is 0.305 e. The minimum absolute atomic E-state index is 0.0406. The van der Waals surface area contributed by atoms with Crippen LogP contribution in [-0.4, -0.2) is 39.5 Å². The van der Waals surface area contributed by atoms with E-state index in [4.69, 9.17) is 5.11 Å². The Morgan fingerprint density at radius 2 is 1.76 bits per heavy atom. The number of carboxylic acid groups (broad SMARTS) is 1. The van der Waals surface area contributed by atoms with E-state index >= 15 is 0 Å². The van der Waals surface area contributed by atoms with E-state index in [0.29, 0.717) is 12.1 Å². The summed E-state index contributed by atoms with van der Waals surface area (Å²) in [5.41, 5.74) is 1.54. The summed E-state index contributed by atoms with van der Waals surface area (Å²) in [6.45, 7) is 2.56. The largest absolute Gasteiger partial charge is 0.481 e. The maximum Gasteiger partial charge on any atom is 0.305 e. The second kappa shape index (κ2) is 6.74. The second-order valence-electron chi connectivity index (χ2n) is 4.67. The predicted molar refractivity (Wildman–Crippen MR) is 79.6 cm³/mol. The van der Waals surface area contributed by atoms with Gasteiger partial charge in [-0.25, -0.2) is 0 Å². The zero-order valence-electron chi connectivity index (χ0n) is 11.9. The van der Waals surface area contributed by atoms with Gasteiger partial charge in [-0.15, -0.1) is 0 Å². The number of carbonyl (C=O) groups is 2. The van der Waals surface area contributed by atoms with E-state index in [1.165, 1.54) is 0 Å². The van der Waals surface area contributed by atoms with Gasteiger partial charge >= 0.3 is 5.97 Å². The second-order valence-corrected chi connectivity index (χ2v) is 4.67. The van der Waals surface area contributed by atoms with Crippen molar-refractivity contribution in [1.29, 1.82) is 0 Å². The van der Waals surface area contributed by atoms with Crippen LogP contribution in [0.25, 0.3) is 5.69 Å². The Bertz CT molecular complexity index is 603. The first-order valence-electron chi connectivity index (χ1n) is 6.86. The summed E-state index contributed by atoms with van der Waals surface area (Å²) in [6.07, 6.45) is 3.82. The van der Waals surface area contributed by atoms with Crippen molar-refractivity contribution < 1.29 is 14.7 Å². The molecule has 0 spiro atoms. The lowest BCUT2D eigenvalue weighted by Gasteiger charge is -2.20. The Morgan fingerprint density at radius 3 is 2.29 bits per heavy atom. The molecule has 0 bridgehead atoms. The molecule has 0 saturated carbocycles. The van der Waals surface area contributed by atoms with Gasteiger partial charge in [0, 0.05) is 36.7 Å². The first kappa shape index (κ1) is 14.8. The summed E-state index contributed by atoms with van der Waals surface area (Å²) in [5, 5.41) is 8.71. The normalized spacial score (nSPS) is 10.3. The molecule has 0 aliphatic heterocycles. The molecule has 21 heavy (non-hydrogen) atoms. The standard InChI is InChI=1S/C16H18N2O3/c1-2-17(12-9-15(19)20)16(21)13-5-7-14(8-6-13)18-10-3-4-11-18/h3-8,10-11H,2,9,12H2,1H3,(H,19,20). The van der Waals surface area contributed by atoms with E-state index in [1.54, 1.807) is 17.0 Å². The molecular formula is C16H18N2O3. The molecule has 0 radical (unpaired) electrons. The van der Waals surface area contributed by atoms with Crippen LogP contribution >= 0.6 is 0 Å². The highest BCUT2D eigenvalue weighted by Crippen LogP contribution is 2.12.